The Morgan fingerprint density at radius 3 is 2.89 bits per heavy atom. The molecule has 2 rings (SSSR count). The molecule has 6 heteroatoms. The molecule has 1 atom stereocenters. The maximum atomic E-state index is 11.5. The van der Waals surface area contributed by atoms with E-state index in [9.17, 15) is 9.59 Å². The Kier molecular flexibility index (Phi) is 3.71. The predicted molar refractivity (Wildman–Crippen MR) is 68.1 cm³/mol. The fraction of sp³-hybridized carbons (Fsp3) is 0.385. The fourth-order valence-corrected chi connectivity index (χ4v) is 2.30. The maximum absolute atomic E-state index is 11.5. The Bertz CT molecular complexity index is 528. The van der Waals surface area contributed by atoms with Crippen molar-refractivity contribution in [3.8, 4) is 0 Å². The van der Waals surface area contributed by atoms with Crippen molar-refractivity contribution < 1.29 is 19.4 Å². The van der Waals surface area contributed by atoms with E-state index >= 15 is 0 Å². The number of rotatable bonds is 4. The number of ether oxygens (including phenoxy) is 1. The number of esters is 1. The molecule has 3 N–H and O–H groups in total. The Labute approximate surface area is 110 Å². The van der Waals surface area contributed by atoms with E-state index in [1.54, 1.807) is 13.1 Å². The highest BCUT2D eigenvalue weighted by Crippen LogP contribution is 2.28. The molecule has 1 aromatic carbocycles. The number of likely N-dealkylation sites (N-methyl/N-ethyl adjacent to an activating group) is 1. The van der Waals surface area contributed by atoms with Crippen molar-refractivity contribution >= 4 is 12.1 Å². The molecule has 0 bridgehead atoms. The lowest BCUT2D eigenvalue weighted by Gasteiger charge is -2.19. The molecule has 0 fully saturated rings. The van der Waals surface area contributed by atoms with E-state index in [-0.39, 0.29) is 25.2 Å². The summed E-state index contributed by atoms with van der Waals surface area (Å²) in [5, 5.41) is 14.1. The first-order valence-electron chi connectivity index (χ1n) is 5.98. The van der Waals surface area contributed by atoms with Crippen LogP contribution in [0.1, 0.15) is 33.1 Å². The second-order valence-electron chi connectivity index (χ2n) is 4.41. The molecule has 102 valence electrons. The van der Waals surface area contributed by atoms with Crippen LogP contribution in [0.15, 0.2) is 12.1 Å². The molecule has 1 amide bonds. The molecule has 19 heavy (non-hydrogen) atoms. The van der Waals surface area contributed by atoms with Crippen LogP contribution in [-0.2, 0) is 11.3 Å². The zero-order valence-corrected chi connectivity index (χ0v) is 10.8. The minimum Gasteiger partial charge on any atom is -0.465 e. The molecule has 0 aromatic heterocycles. The summed E-state index contributed by atoms with van der Waals surface area (Å²) in [6.07, 6.45) is -1.06. The lowest BCUT2D eigenvalue weighted by atomic mass is 9.94. The standard InChI is InChI=1S/C13H16N2O4/c1-7-8(11(14-2)5-15-13(17)18)3-4-9-10(7)6-19-12(9)16/h3-4,11,14-15H,5-6H2,1-2H3,(H,17,18). The second kappa shape index (κ2) is 5.27. The first kappa shape index (κ1) is 13.4. The summed E-state index contributed by atoms with van der Waals surface area (Å²) in [4.78, 5) is 22.0. The molecular formula is C13H16N2O4. The van der Waals surface area contributed by atoms with Crippen LogP contribution in [0.3, 0.4) is 0 Å². The highest BCUT2D eigenvalue weighted by Gasteiger charge is 2.25. The largest absolute Gasteiger partial charge is 0.465 e. The topological polar surface area (TPSA) is 87.7 Å². The van der Waals surface area contributed by atoms with Crippen molar-refractivity contribution in [1.82, 2.24) is 10.6 Å². The number of hydrogen-bond acceptors (Lipinski definition) is 4. The van der Waals surface area contributed by atoms with E-state index in [0.29, 0.717) is 5.56 Å². The van der Waals surface area contributed by atoms with E-state index in [1.165, 1.54) is 0 Å². The average Bonchev–Trinajstić information content (AvgIpc) is 2.75. The zero-order valence-electron chi connectivity index (χ0n) is 10.8. The van der Waals surface area contributed by atoms with Crippen LogP contribution in [0.25, 0.3) is 0 Å². The normalized spacial score (nSPS) is 14.7. The Hall–Kier alpha value is -2.08. The molecular weight excluding hydrogens is 248 g/mol. The van der Waals surface area contributed by atoms with Crippen molar-refractivity contribution in [2.45, 2.75) is 19.6 Å². The summed E-state index contributed by atoms with van der Waals surface area (Å²) < 4.78 is 5.00. The number of carboxylic acid groups (broad SMARTS) is 1. The van der Waals surface area contributed by atoms with Gasteiger partial charge in [0.1, 0.15) is 6.61 Å². The van der Waals surface area contributed by atoms with Gasteiger partial charge in [-0.15, -0.1) is 0 Å². The molecule has 0 radical (unpaired) electrons. The fourth-order valence-electron chi connectivity index (χ4n) is 2.30. The smallest absolute Gasteiger partial charge is 0.404 e. The maximum Gasteiger partial charge on any atom is 0.404 e. The van der Waals surface area contributed by atoms with Crippen LogP contribution in [0, 0.1) is 6.92 Å². The zero-order chi connectivity index (χ0) is 14.0. The molecule has 0 aliphatic carbocycles. The molecule has 1 aliphatic rings. The summed E-state index contributed by atoms with van der Waals surface area (Å²) in [6.45, 7) is 2.47. The molecule has 1 heterocycles. The highest BCUT2D eigenvalue weighted by atomic mass is 16.5. The van der Waals surface area contributed by atoms with E-state index in [4.69, 9.17) is 9.84 Å². The van der Waals surface area contributed by atoms with Gasteiger partial charge in [-0.3, -0.25) is 0 Å². The number of fused-ring (bicyclic) bond motifs is 1. The third kappa shape index (κ3) is 2.53. The lowest BCUT2D eigenvalue weighted by molar-refractivity contribution is 0.0535. The average molecular weight is 264 g/mol. The lowest BCUT2D eigenvalue weighted by Crippen LogP contribution is -2.33. The minimum atomic E-state index is -1.06. The van der Waals surface area contributed by atoms with Gasteiger partial charge in [0.15, 0.2) is 0 Å². The van der Waals surface area contributed by atoms with Gasteiger partial charge in [0, 0.05) is 18.2 Å². The second-order valence-corrected chi connectivity index (χ2v) is 4.41. The Morgan fingerprint density at radius 2 is 2.26 bits per heavy atom. The van der Waals surface area contributed by atoms with Crippen molar-refractivity contribution in [2.24, 2.45) is 0 Å². The Morgan fingerprint density at radius 1 is 1.53 bits per heavy atom. The predicted octanol–water partition coefficient (Wildman–Crippen LogP) is 1.19. The first-order chi connectivity index (χ1) is 9.04. The molecule has 0 saturated carbocycles. The van der Waals surface area contributed by atoms with Gasteiger partial charge in [0.05, 0.1) is 5.56 Å². The number of cyclic esters (lactones) is 1. The molecule has 0 saturated heterocycles. The summed E-state index contributed by atoms with van der Waals surface area (Å²) in [7, 11) is 1.77. The van der Waals surface area contributed by atoms with Crippen LogP contribution in [0.4, 0.5) is 4.79 Å². The summed E-state index contributed by atoms with van der Waals surface area (Å²) >= 11 is 0. The number of hydrogen-bond donors (Lipinski definition) is 3. The molecule has 1 aromatic rings. The summed E-state index contributed by atoms with van der Waals surface area (Å²) in [5.41, 5.74) is 3.42. The van der Waals surface area contributed by atoms with Crippen molar-refractivity contribution in [3.63, 3.8) is 0 Å². The van der Waals surface area contributed by atoms with E-state index < -0.39 is 6.09 Å². The van der Waals surface area contributed by atoms with Crippen LogP contribution in [-0.4, -0.2) is 30.8 Å². The van der Waals surface area contributed by atoms with E-state index in [2.05, 4.69) is 10.6 Å². The number of benzene rings is 1. The summed E-state index contributed by atoms with van der Waals surface area (Å²) in [5.74, 6) is -0.297. The van der Waals surface area contributed by atoms with E-state index in [0.717, 1.165) is 16.7 Å². The molecule has 1 unspecified atom stereocenters. The van der Waals surface area contributed by atoms with Crippen LogP contribution in [0.2, 0.25) is 0 Å². The highest BCUT2D eigenvalue weighted by molar-refractivity contribution is 5.93. The van der Waals surface area contributed by atoms with Gasteiger partial charge in [-0.2, -0.15) is 0 Å². The third-order valence-electron chi connectivity index (χ3n) is 3.39. The monoisotopic (exact) mass is 264 g/mol. The number of amides is 1. The quantitative estimate of drug-likeness (QED) is 0.711. The number of nitrogens with one attached hydrogen (secondary N) is 2. The van der Waals surface area contributed by atoms with Gasteiger partial charge >= 0.3 is 12.1 Å². The summed E-state index contributed by atoms with van der Waals surface area (Å²) in [6, 6.07) is 3.43. The van der Waals surface area contributed by atoms with Gasteiger partial charge in [-0.05, 0) is 31.2 Å². The van der Waals surface area contributed by atoms with Crippen molar-refractivity contribution in [2.75, 3.05) is 13.6 Å². The van der Waals surface area contributed by atoms with Gasteiger partial charge in [-0.1, -0.05) is 6.07 Å². The van der Waals surface area contributed by atoms with Gasteiger partial charge in [0.25, 0.3) is 0 Å². The van der Waals surface area contributed by atoms with E-state index in [1.807, 2.05) is 13.0 Å². The Balaban J connectivity index is 2.29. The van der Waals surface area contributed by atoms with Crippen LogP contribution < -0.4 is 10.6 Å². The van der Waals surface area contributed by atoms with Gasteiger partial charge in [-0.25, -0.2) is 9.59 Å². The third-order valence-corrected chi connectivity index (χ3v) is 3.39. The number of carbonyl (C=O) groups is 2. The number of carbonyl (C=O) groups excluding carboxylic acids is 1. The minimum absolute atomic E-state index is 0.142. The SMILES string of the molecule is CNC(CNC(=O)O)c1ccc2c(c1C)COC2=O. The van der Waals surface area contributed by atoms with Crippen molar-refractivity contribution in [3.05, 3.63) is 34.4 Å². The molecule has 6 nitrogen and oxygen atoms in total. The van der Waals surface area contributed by atoms with Crippen LogP contribution >= 0.6 is 0 Å². The van der Waals surface area contributed by atoms with Gasteiger partial charge < -0.3 is 20.5 Å². The van der Waals surface area contributed by atoms with Gasteiger partial charge in [0.2, 0.25) is 0 Å². The molecule has 0 spiro atoms. The molecule has 1 aliphatic heterocycles. The first-order valence-corrected chi connectivity index (χ1v) is 5.98. The van der Waals surface area contributed by atoms with Crippen molar-refractivity contribution in [1.29, 1.82) is 0 Å². The van der Waals surface area contributed by atoms with Crippen LogP contribution in [0.5, 0.6) is 0 Å².